The first-order valence-corrected chi connectivity index (χ1v) is 20.3. The molecule has 0 aliphatic rings. The molecule has 0 saturated carbocycles. The number of nitrogens with zero attached hydrogens (tertiary/aromatic N) is 5. The minimum atomic E-state index is 0.725. The van der Waals surface area contributed by atoms with Gasteiger partial charge < -0.3 is 4.57 Å². The fourth-order valence-electron chi connectivity index (χ4n) is 9.08. The molecular formula is C55H35N5. The molecule has 0 atom stereocenters. The summed E-state index contributed by atoms with van der Waals surface area (Å²) in [6.07, 6.45) is 2.00. The van der Waals surface area contributed by atoms with E-state index in [0.717, 1.165) is 106 Å². The van der Waals surface area contributed by atoms with Crippen molar-refractivity contribution in [2.24, 2.45) is 0 Å². The largest absolute Gasteiger partial charge is 0.309 e. The van der Waals surface area contributed by atoms with Gasteiger partial charge in [0, 0.05) is 50.1 Å². The van der Waals surface area contributed by atoms with Crippen molar-refractivity contribution in [1.82, 2.24) is 24.1 Å². The van der Waals surface area contributed by atoms with Gasteiger partial charge in [0.1, 0.15) is 11.0 Å². The van der Waals surface area contributed by atoms with Crippen LogP contribution in [0.15, 0.2) is 212 Å². The molecule has 280 valence electrons. The summed E-state index contributed by atoms with van der Waals surface area (Å²) in [6.45, 7) is 0. The molecule has 0 N–H and O–H groups in total. The molecule has 0 radical (unpaired) electrons. The third kappa shape index (κ3) is 5.30. The second kappa shape index (κ2) is 13.8. The Morgan fingerprint density at radius 2 is 0.883 bits per heavy atom. The van der Waals surface area contributed by atoms with Gasteiger partial charge in [-0.05, 0) is 53.1 Å². The second-order valence-corrected chi connectivity index (χ2v) is 15.2. The lowest BCUT2D eigenvalue weighted by molar-refractivity contribution is 1.09. The molecule has 8 aromatic carbocycles. The van der Waals surface area contributed by atoms with E-state index in [9.17, 15) is 0 Å². The highest BCUT2D eigenvalue weighted by Gasteiger charge is 2.25. The Labute approximate surface area is 346 Å². The summed E-state index contributed by atoms with van der Waals surface area (Å²) in [5.74, 6) is 0.729. The van der Waals surface area contributed by atoms with Crippen molar-refractivity contribution in [2.75, 3.05) is 0 Å². The number of rotatable bonds is 6. The number of hydrogen-bond acceptors (Lipinski definition) is 3. The maximum absolute atomic E-state index is 5.70. The molecule has 12 rings (SSSR count). The highest BCUT2D eigenvalue weighted by Crippen LogP contribution is 2.44. The summed E-state index contributed by atoms with van der Waals surface area (Å²) >= 11 is 0. The lowest BCUT2D eigenvalue weighted by atomic mass is 9.98. The SMILES string of the molecule is c1ccc(-c2cccc(-c3cnc(-n4c5ccccc5c5ccc6c(c7ccccc7n6-c6ccccc6)c54)c4nc(-c5ccccc5)c(-c5ccccc5)nc34)c2)cc1. The van der Waals surface area contributed by atoms with Crippen molar-refractivity contribution in [3.05, 3.63) is 212 Å². The predicted molar refractivity (Wildman–Crippen MR) is 248 cm³/mol. The Kier molecular flexibility index (Phi) is 7.78. The molecule has 12 aromatic rings. The lowest BCUT2D eigenvalue weighted by Gasteiger charge is -2.17. The number of fused-ring (bicyclic) bond motifs is 8. The fraction of sp³-hybridized carbons (Fsp3) is 0. The van der Waals surface area contributed by atoms with Crippen LogP contribution in [-0.4, -0.2) is 24.1 Å². The molecule has 0 spiro atoms. The Hall–Kier alpha value is -8.15. The van der Waals surface area contributed by atoms with Crippen LogP contribution in [-0.2, 0) is 0 Å². The van der Waals surface area contributed by atoms with Crippen LogP contribution in [0.5, 0.6) is 0 Å². The van der Waals surface area contributed by atoms with E-state index in [0.29, 0.717) is 0 Å². The zero-order chi connectivity index (χ0) is 39.6. The quantitative estimate of drug-likeness (QED) is 0.169. The van der Waals surface area contributed by atoms with Crippen LogP contribution in [0.25, 0.3) is 111 Å². The molecule has 5 nitrogen and oxygen atoms in total. The van der Waals surface area contributed by atoms with Crippen LogP contribution in [0.2, 0.25) is 0 Å². The average Bonchev–Trinajstić information content (AvgIpc) is 3.85. The normalized spacial score (nSPS) is 11.7. The second-order valence-electron chi connectivity index (χ2n) is 15.2. The number of hydrogen-bond donors (Lipinski definition) is 0. The van der Waals surface area contributed by atoms with E-state index in [-0.39, 0.29) is 0 Å². The van der Waals surface area contributed by atoms with Crippen molar-refractivity contribution in [2.45, 2.75) is 0 Å². The van der Waals surface area contributed by atoms with E-state index in [2.05, 4.69) is 203 Å². The van der Waals surface area contributed by atoms with Gasteiger partial charge in [0.25, 0.3) is 0 Å². The molecule has 4 heterocycles. The van der Waals surface area contributed by atoms with Gasteiger partial charge in [0.05, 0.1) is 33.5 Å². The highest BCUT2D eigenvalue weighted by atomic mass is 15.1. The summed E-state index contributed by atoms with van der Waals surface area (Å²) in [7, 11) is 0. The standard InChI is InChI=1S/C55H35N5/c1-5-18-36(19-6-1)39-24-17-25-40(34-39)45-35-56-55(53-52(45)57-50(37-20-7-2-8-21-37)51(58-53)38-22-9-3-10-23-38)60-46-30-15-13-28-42(46)43-32-33-48-49(54(43)60)44-29-14-16-31-47(44)59(48)41-26-11-4-12-27-41/h1-35H. The molecule has 5 heteroatoms. The highest BCUT2D eigenvalue weighted by molar-refractivity contribution is 6.26. The summed E-state index contributed by atoms with van der Waals surface area (Å²) in [5, 5.41) is 4.64. The molecule has 0 unspecified atom stereocenters. The van der Waals surface area contributed by atoms with Gasteiger partial charge in [-0.15, -0.1) is 0 Å². The Morgan fingerprint density at radius 1 is 0.350 bits per heavy atom. The van der Waals surface area contributed by atoms with Gasteiger partial charge in [-0.25, -0.2) is 15.0 Å². The van der Waals surface area contributed by atoms with E-state index in [1.165, 1.54) is 5.39 Å². The van der Waals surface area contributed by atoms with Gasteiger partial charge in [-0.1, -0.05) is 170 Å². The first-order valence-electron chi connectivity index (χ1n) is 20.3. The third-order valence-electron chi connectivity index (χ3n) is 11.7. The van der Waals surface area contributed by atoms with Gasteiger partial charge in [-0.3, -0.25) is 4.57 Å². The molecule has 0 aliphatic carbocycles. The average molecular weight is 766 g/mol. The summed E-state index contributed by atoms with van der Waals surface area (Å²) in [6, 6.07) is 72.5. The van der Waals surface area contributed by atoms with E-state index >= 15 is 0 Å². The van der Waals surface area contributed by atoms with Crippen molar-refractivity contribution >= 4 is 54.6 Å². The molecule has 0 saturated heterocycles. The maximum Gasteiger partial charge on any atom is 0.166 e. The van der Waals surface area contributed by atoms with Crippen LogP contribution in [0.3, 0.4) is 0 Å². The Morgan fingerprint density at radius 3 is 1.57 bits per heavy atom. The van der Waals surface area contributed by atoms with Crippen LogP contribution in [0, 0.1) is 0 Å². The van der Waals surface area contributed by atoms with Gasteiger partial charge >= 0.3 is 0 Å². The zero-order valence-electron chi connectivity index (χ0n) is 32.4. The molecule has 0 aliphatic heterocycles. The van der Waals surface area contributed by atoms with Crippen molar-refractivity contribution in [3.63, 3.8) is 0 Å². The van der Waals surface area contributed by atoms with E-state index in [4.69, 9.17) is 15.0 Å². The number of benzene rings is 8. The topological polar surface area (TPSA) is 48.5 Å². The minimum absolute atomic E-state index is 0.725. The smallest absolute Gasteiger partial charge is 0.166 e. The Balaban J connectivity index is 1.24. The molecule has 0 bridgehead atoms. The minimum Gasteiger partial charge on any atom is -0.309 e. The molecule has 0 fully saturated rings. The predicted octanol–water partition coefficient (Wildman–Crippen LogP) is 13.9. The monoisotopic (exact) mass is 765 g/mol. The molecule has 60 heavy (non-hydrogen) atoms. The fourth-order valence-corrected chi connectivity index (χ4v) is 9.08. The van der Waals surface area contributed by atoms with Crippen LogP contribution in [0.4, 0.5) is 0 Å². The first-order chi connectivity index (χ1) is 29.8. The molecule has 0 amide bonds. The number of pyridine rings is 1. The maximum atomic E-state index is 5.70. The molecular weight excluding hydrogens is 731 g/mol. The van der Waals surface area contributed by atoms with E-state index < -0.39 is 0 Å². The zero-order valence-corrected chi connectivity index (χ0v) is 32.4. The van der Waals surface area contributed by atoms with E-state index in [1.807, 2.05) is 18.3 Å². The lowest BCUT2D eigenvalue weighted by Crippen LogP contribution is -2.05. The van der Waals surface area contributed by atoms with Crippen molar-refractivity contribution < 1.29 is 0 Å². The van der Waals surface area contributed by atoms with Gasteiger partial charge in [0.15, 0.2) is 5.82 Å². The van der Waals surface area contributed by atoms with Gasteiger partial charge in [0.2, 0.25) is 0 Å². The van der Waals surface area contributed by atoms with Crippen LogP contribution >= 0.6 is 0 Å². The summed E-state index contributed by atoms with van der Waals surface area (Å²) < 4.78 is 4.72. The van der Waals surface area contributed by atoms with E-state index in [1.54, 1.807) is 0 Å². The van der Waals surface area contributed by atoms with Gasteiger partial charge in [-0.2, -0.15) is 0 Å². The van der Waals surface area contributed by atoms with Crippen molar-refractivity contribution in [1.29, 1.82) is 0 Å². The third-order valence-corrected chi connectivity index (χ3v) is 11.7. The number of para-hydroxylation sites is 3. The van der Waals surface area contributed by atoms with Crippen LogP contribution in [0.1, 0.15) is 0 Å². The summed E-state index contributed by atoms with van der Waals surface area (Å²) in [4.78, 5) is 16.8. The molecule has 4 aromatic heterocycles. The Bertz CT molecular complexity index is 3570. The van der Waals surface area contributed by atoms with Crippen molar-refractivity contribution in [3.8, 4) is 56.3 Å². The number of aromatic nitrogens is 5. The van der Waals surface area contributed by atoms with Crippen LogP contribution < -0.4 is 0 Å². The first kappa shape index (κ1) is 33.9. The summed E-state index contributed by atoms with van der Waals surface area (Å²) in [5.41, 5.74) is 14.9.